The van der Waals surface area contributed by atoms with E-state index >= 15 is 0 Å². The zero-order chi connectivity index (χ0) is 13.4. The normalized spacial score (nSPS) is 15.4. The number of carboxylic acids is 1. The summed E-state index contributed by atoms with van der Waals surface area (Å²) >= 11 is 0. The van der Waals surface area contributed by atoms with E-state index in [1.54, 1.807) is 4.52 Å². The van der Waals surface area contributed by atoms with Gasteiger partial charge in [-0.2, -0.15) is 0 Å². The van der Waals surface area contributed by atoms with Crippen LogP contribution in [0.2, 0.25) is 0 Å². The number of fused-ring (bicyclic) bond motifs is 1. The second kappa shape index (κ2) is 4.53. The van der Waals surface area contributed by atoms with Gasteiger partial charge in [-0.05, 0) is 38.3 Å². The van der Waals surface area contributed by atoms with Gasteiger partial charge >= 0.3 is 5.97 Å². The number of nitrogens with one attached hydrogen (secondary N) is 1. The Morgan fingerprint density at radius 1 is 1.53 bits per heavy atom. The van der Waals surface area contributed by atoms with Crippen molar-refractivity contribution in [2.24, 2.45) is 0 Å². The summed E-state index contributed by atoms with van der Waals surface area (Å²) in [5.41, 5.74) is 2.04. The number of aromatic nitrogens is 3. The minimum Gasteiger partial charge on any atom is -0.481 e. The van der Waals surface area contributed by atoms with Crippen LogP contribution in [0, 0.1) is 6.92 Å². The number of aryl methyl sites for hydroxylation is 1. The highest BCUT2D eigenvalue weighted by atomic mass is 16.4. The number of hydrogen-bond acceptors (Lipinski definition) is 4. The summed E-state index contributed by atoms with van der Waals surface area (Å²) < 4.78 is 1.63. The van der Waals surface area contributed by atoms with Crippen LogP contribution in [-0.4, -0.2) is 31.7 Å². The lowest BCUT2D eigenvalue weighted by Gasteiger charge is -2.26. The molecule has 0 aliphatic heterocycles. The molecule has 1 fully saturated rings. The van der Waals surface area contributed by atoms with Crippen molar-refractivity contribution in [2.45, 2.75) is 38.6 Å². The maximum Gasteiger partial charge on any atom is 0.309 e. The molecular weight excluding hydrogens is 244 g/mol. The molecule has 100 valence electrons. The van der Waals surface area contributed by atoms with Gasteiger partial charge in [0.05, 0.1) is 17.8 Å². The predicted octanol–water partition coefficient (Wildman–Crippen LogP) is 1.63. The SMILES string of the molecule is Cc1nc2ccc(NC3CCC3)nn2c1CC(=O)O. The molecule has 19 heavy (non-hydrogen) atoms. The maximum absolute atomic E-state index is 10.9. The first kappa shape index (κ1) is 12.0. The second-order valence-corrected chi connectivity index (χ2v) is 4.98. The first-order valence-electron chi connectivity index (χ1n) is 6.47. The van der Waals surface area contributed by atoms with E-state index in [2.05, 4.69) is 15.4 Å². The molecule has 0 saturated heterocycles. The highest BCUT2D eigenvalue weighted by Gasteiger charge is 2.18. The zero-order valence-electron chi connectivity index (χ0n) is 10.8. The van der Waals surface area contributed by atoms with Crippen molar-refractivity contribution in [3.63, 3.8) is 0 Å². The van der Waals surface area contributed by atoms with Crippen LogP contribution in [0.15, 0.2) is 12.1 Å². The third-order valence-corrected chi connectivity index (χ3v) is 3.55. The van der Waals surface area contributed by atoms with Crippen LogP contribution >= 0.6 is 0 Å². The van der Waals surface area contributed by atoms with Crippen molar-refractivity contribution in [2.75, 3.05) is 5.32 Å². The molecular formula is C13H16N4O2. The van der Waals surface area contributed by atoms with Gasteiger partial charge in [-0.1, -0.05) is 0 Å². The van der Waals surface area contributed by atoms with Crippen molar-refractivity contribution in [1.82, 2.24) is 14.6 Å². The molecule has 0 radical (unpaired) electrons. The van der Waals surface area contributed by atoms with Crippen LogP contribution in [0.25, 0.3) is 5.65 Å². The smallest absolute Gasteiger partial charge is 0.309 e. The molecule has 1 aliphatic carbocycles. The van der Waals surface area contributed by atoms with Gasteiger partial charge < -0.3 is 10.4 Å². The summed E-state index contributed by atoms with van der Waals surface area (Å²) in [6.45, 7) is 1.81. The lowest BCUT2D eigenvalue weighted by atomic mass is 9.93. The Kier molecular flexibility index (Phi) is 2.85. The van der Waals surface area contributed by atoms with Gasteiger partial charge in [0.2, 0.25) is 0 Å². The largest absolute Gasteiger partial charge is 0.481 e. The van der Waals surface area contributed by atoms with Crippen LogP contribution < -0.4 is 5.32 Å². The monoisotopic (exact) mass is 260 g/mol. The number of aliphatic carboxylic acids is 1. The van der Waals surface area contributed by atoms with Crippen molar-refractivity contribution in [3.05, 3.63) is 23.5 Å². The molecule has 1 aliphatic rings. The summed E-state index contributed by atoms with van der Waals surface area (Å²) in [6, 6.07) is 4.26. The highest BCUT2D eigenvalue weighted by Crippen LogP contribution is 2.22. The molecule has 3 rings (SSSR count). The average molecular weight is 260 g/mol. The molecule has 2 N–H and O–H groups in total. The van der Waals surface area contributed by atoms with Crippen LogP contribution in [0.3, 0.4) is 0 Å². The van der Waals surface area contributed by atoms with Gasteiger partial charge in [0.15, 0.2) is 5.65 Å². The molecule has 1 saturated carbocycles. The lowest BCUT2D eigenvalue weighted by Crippen LogP contribution is -2.27. The van der Waals surface area contributed by atoms with E-state index in [1.165, 1.54) is 19.3 Å². The van der Waals surface area contributed by atoms with E-state index in [9.17, 15) is 4.79 Å². The number of imidazole rings is 1. The molecule has 0 atom stereocenters. The predicted molar refractivity (Wildman–Crippen MR) is 70.3 cm³/mol. The minimum absolute atomic E-state index is 0.0626. The summed E-state index contributed by atoms with van der Waals surface area (Å²) in [4.78, 5) is 15.2. The Hall–Kier alpha value is -2.11. The Balaban J connectivity index is 1.96. The third-order valence-electron chi connectivity index (χ3n) is 3.55. The van der Waals surface area contributed by atoms with Gasteiger partial charge in [0.1, 0.15) is 5.82 Å². The third kappa shape index (κ3) is 2.25. The molecule has 2 heterocycles. The van der Waals surface area contributed by atoms with E-state index in [-0.39, 0.29) is 6.42 Å². The van der Waals surface area contributed by atoms with Crippen molar-refractivity contribution in [1.29, 1.82) is 0 Å². The molecule has 0 bridgehead atoms. The molecule has 6 nitrogen and oxygen atoms in total. The molecule has 0 unspecified atom stereocenters. The van der Waals surface area contributed by atoms with Crippen LogP contribution in [0.5, 0.6) is 0 Å². The molecule has 6 heteroatoms. The van der Waals surface area contributed by atoms with Gasteiger partial charge in [0.25, 0.3) is 0 Å². The summed E-state index contributed by atoms with van der Waals surface area (Å²) in [7, 11) is 0. The average Bonchev–Trinajstić information content (AvgIpc) is 2.60. The minimum atomic E-state index is -0.871. The fourth-order valence-corrected chi connectivity index (χ4v) is 2.27. The number of rotatable bonds is 4. The van der Waals surface area contributed by atoms with E-state index in [0.29, 0.717) is 17.4 Å². The summed E-state index contributed by atoms with van der Waals surface area (Å²) in [6.07, 6.45) is 3.54. The fourth-order valence-electron chi connectivity index (χ4n) is 2.27. The van der Waals surface area contributed by atoms with Gasteiger partial charge in [-0.25, -0.2) is 9.50 Å². The van der Waals surface area contributed by atoms with Gasteiger partial charge in [-0.15, -0.1) is 5.10 Å². The summed E-state index contributed by atoms with van der Waals surface area (Å²) in [5, 5.41) is 16.8. The van der Waals surface area contributed by atoms with Crippen LogP contribution in [0.1, 0.15) is 30.7 Å². The van der Waals surface area contributed by atoms with E-state index < -0.39 is 5.97 Å². The number of nitrogens with zero attached hydrogens (tertiary/aromatic N) is 3. The molecule has 2 aromatic rings. The van der Waals surface area contributed by atoms with Crippen LogP contribution in [-0.2, 0) is 11.2 Å². The van der Waals surface area contributed by atoms with Crippen molar-refractivity contribution in [3.8, 4) is 0 Å². The second-order valence-electron chi connectivity index (χ2n) is 4.98. The standard InChI is InChI=1S/C13H16N4O2/c1-8-10(7-13(18)19)17-12(14-8)6-5-11(16-17)15-9-3-2-4-9/h5-6,9H,2-4,7H2,1H3,(H,15,16)(H,18,19). The number of carboxylic acid groups (broad SMARTS) is 1. The topological polar surface area (TPSA) is 79.5 Å². The Labute approximate surface area is 110 Å². The van der Waals surface area contributed by atoms with Crippen molar-refractivity contribution >= 4 is 17.4 Å². The zero-order valence-corrected chi connectivity index (χ0v) is 10.8. The van der Waals surface area contributed by atoms with E-state index in [1.807, 2.05) is 19.1 Å². The first-order valence-corrected chi connectivity index (χ1v) is 6.47. The molecule has 0 aromatic carbocycles. The Morgan fingerprint density at radius 3 is 2.95 bits per heavy atom. The molecule has 2 aromatic heterocycles. The highest BCUT2D eigenvalue weighted by molar-refractivity contribution is 5.70. The Bertz CT molecular complexity index is 631. The number of anilines is 1. The number of hydrogen-bond donors (Lipinski definition) is 2. The number of carbonyl (C=O) groups is 1. The van der Waals surface area contributed by atoms with E-state index in [4.69, 9.17) is 5.11 Å². The molecule has 0 amide bonds. The van der Waals surface area contributed by atoms with E-state index in [0.717, 1.165) is 11.5 Å². The Morgan fingerprint density at radius 2 is 2.32 bits per heavy atom. The maximum atomic E-state index is 10.9. The van der Waals surface area contributed by atoms with Crippen molar-refractivity contribution < 1.29 is 9.90 Å². The van der Waals surface area contributed by atoms with Gasteiger partial charge in [-0.3, -0.25) is 4.79 Å². The lowest BCUT2D eigenvalue weighted by molar-refractivity contribution is -0.136. The van der Waals surface area contributed by atoms with Crippen LogP contribution in [0.4, 0.5) is 5.82 Å². The summed E-state index contributed by atoms with van der Waals surface area (Å²) in [5.74, 6) is -0.0923. The first-order chi connectivity index (χ1) is 9.13. The van der Waals surface area contributed by atoms with Gasteiger partial charge in [0, 0.05) is 6.04 Å². The fraction of sp³-hybridized carbons (Fsp3) is 0.462. The molecule has 0 spiro atoms. The quantitative estimate of drug-likeness (QED) is 0.873.